The van der Waals surface area contributed by atoms with Gasteiger partial charge in [-0.15, -0.1) is 0 Å². The van der Waals surface area contributed by atoms with Gasteiger partial charge in [-0.05, 0) is 24.5 Å². The molecule has 1 aromatic heterocycles. The van der Waals surface area contributed by atoms with Crippen molar-refractivity contribution in [3.63, 3.8) is 0 Å². The average molecular weight is 283 g/mol. The monoisotopic (exact) mass is 283 g/mol. The van der Waals surface area contributed by atoms with E-state index in [0.717, 1.165) is 5.56 Å². The number of carbonyl (C=O) groups is 1. The number of azide groups is 1. The van der Waals surface area contributed by atoms with Gasteiger partial charge in [0.2, 0.25) is 5.95 Å². The number of rotatable bonds is 4. The predicted octanol–water partition coefficient (Wildman–Crippen LogP) is 3.57. The molecule has 7 heteroatoms. The van der Waals surface area contributed by atoms with Crippen LogP contribution in [0.5, 0.6) is 0 Å². The topological polar surface area (TPSA) is 101 Å². The number of hydrogen-bond acceptors (Lipinski definition) is 5. The maximum absolute atomic E-state index is 12.1. The first-order chi connectivity index (χ1) is 10.2. The third-order valence-corrected chi connectivity index (χ3v) is 2.74. The fraction of sp³-hybridized carbons (Fsp3) is 0.214. The van der Waals surface area contributed by atoms with Crippen LogP contribution < -0.4 is 0 Å². The summed E-state index contributed by atoms with van der Waals surface area (Å²) < 4.78 is 5.05. The average Bonchev–Trinajstić information content (AvgIpc) is 2.48. The maximum atomic E-state index is 12.1. The molecule has 0 unspecified atom stereocenters. The van der Waals surface area contributed by atoms with Crippen LogP contribution in [-0.2, 0) is 4.74 Å². The third-order valence-electron chi connectivity index (χ3n) is 2.74. The molecule has 0 aliphatic heterocycles. The zero-order valence-electron chi connectivity index (χ0n) is 11.6. The van der Waals surface area contributed by atoms with Gasteiger partial charge in [-0.2, -0.15) is 0 Å². The van der Waals surface area contributed by atoms with Crippen LogP contribution in [-0.4, -0.2) is 22.5 Å². The summed E-state index contributed by atoms with van der Waals surface area (Å²) in [6, 6.07) is 9.13. The number of nitrogens with zero attached hydrogens (tertiary/aromatic N) is 5. The van der Waals surface area contributed by atoms with Gasteiger partial charge in [0, 0.05) is 10.5 Å². The highest BCUT2D eigenvalue weighted by molar-refractivity contribution is 5.97. The Balaban J connectivity index is 2.68. The van der Waals surface area contributed by atoms with Crippen molar-refractivity contribution >= 4 is 11.9 Å². The molecule has 0 aliphatic carbocycles. The molecule has 0 fully saturated rings. The van der Waals surface area contributed by atoms with Crippen molar-refractivity contribution in [2.24, 2.45) is 5.11 Å². The van der Waals surface area contributed by atoms with Crippen LogP contribution in [0.3, 0.4) is 0 Å². The molecule has 0 saturated carbocycles. The number of aromatic nitrogens is 2. The first-order valence-corrected chi connectivity index (χ1v) is 6.33. The van der Waals surface area contributed by atoms with Crippen molar-refractivity contribution in [2.45, 2.75) is 13.8 Å². The van der Waals surface area contributed by atoms with Gasteiger partial charge in [0.25, 0.3) is 0 Å². The molecular weight excluding hydrogens is 270 g/mol. The summed E-state index contributed by atoms with van der Waals surface area (Å²) in [4.78, 5) is 23.0. The van der Waals surface area contributed by atoms with E-state index >= 15 is 0 Å². The Bertz CT molecular complexity index is 709. The largest absolute Gasteiger partial charge is 0.462 e. The normalized spacial score (nSPS) is 9.81. The maximum Gasteiger partial charge on any atom is 0.342 e. The van der Waals surface area contributed by atoms with E-state index in [1.807, 2.05) is 30.3 Å². The van der Waals surface area contributed by atoms with E-state index in [4.69, 9.17) is 10.3 Å². The molecule has 0 N–H and O–H groups in total. The molecule has 0 amide bonds. The molecule has 1 heterocycles. The van der Waals surface area contributed by atoms with Crippen LogP contribution in [0.1, 0.15) is 23.0 Å². The van der Waals surface area contributed by atoms with Crippen LogP contribution in [0.2, 0.25) is 0 Å². The second-order valence-corrected chi connectivity index (χ2v) is 4.11. The van der Waals surface area contributed by atoms with E-state index in [2.05, 4.69) is 20.0 Å². The standard InChI is InChI=1S/C14H13N5O2/c1-3-21-13(20)11-9(2)16-14(18-19-15)17-12(11)10-7-5-4-6-8-10/h4-8H,3H2,1-2H3. The Morgan fingerprint density at radius 2 is 2.05 bits per heavy atom. The van der Waals surface area contributed by atoms with E-state index in [0.29, 0.717) is 11.4 Å². The summed E-state index contributed by atoms with van der Waals surface area (Å²) in [6.07, 6.45) is 0. The lowest BCUT2D eigenvalue weighted by Crippen LogP contribution is -2.11. The fourth-order valence-electron chi connectivity index (χ4n) is 1.90. The molecule has 0 aliphatic rings. The Kier molecular flexibility index (Phi) is 4.48. The third kappa shape index (κ3) is 3.16. The molecule has 0 atom stereocenters. The van der Waals surface area contributed by atoms with Crippen molar-refractivity contribution in [1.29, 1.82) is 0 Å². The summed E-state index contributed by atoms with van der Waals surface area (Å²) >= 11 is 0. The highest BCUT2D eigenvalue weighted by Gasteiger charge is 2.20. The smallest absolute Gasteiger partial charge is 0.342 e. The molecule has 2 rings (SSSR count). The van der Waals surface area contributed by atoms with Crippen molar-refractivity contribution in [1.82, 2.24) is 9.97 Å². The SMILES string of the molecule is CCOC(=O)c1c(C)nc(N=[N+]=[N-])nc1-c1ccccc1. The highest BCUT2D eigenvalue weighted by atomic mass is 16.5. The van der Waals surface area contributed by atoms with E-state index in [1.165, 1.54) is 0 Å². The van der Waals surface area contributed by atoms with Crippen LogP contribution in [0.15, 0.2) is 35.4 Å². The van der Waals surface area contributed by atoms with E-state index < -0.39 is 5.97 Å². The van der Waals surface area contributed by atoms with Crippen LogP contribution in [0, 0.1) is 6.92 Å². The first-order valence-electron chi connectivity index (χ1n) is 6.33. The van der Waals surface area contributed by atoms with Crippen molar-refractivity contribution in [3.8, 4) is 11.3 Å². The lowest BCUT2D eigenvalue weighted by molar-refractivity contribution is 0.0525. The number of hydrogen-bond donors (Lipinski definition) is 0. The molecular formula is C14H13N5O2. The Hall–Kier alpha value is -2.92. The molecule has 0 saturated heterocycles. The summed E-state index contributed by atoms with van der Waals surface area (Å²) in [6.45, 7) is 3.63. The number of esters is 1. The van der Waals surface area contributed by atoms with Gasteiger partial charge in [-0.1, -0.05) is 30.3 Å². The predicted molar refractivity (Wildman–Crippen MR) is 77.0 cm³/mol. The zero-order valence-corrected chi connectivity index (χ0v) is 11.6. The van der Waals surface area contributed by atoms with Gasteiger partial charge in [0.05, 0.1) is 18.0 Å². The van der Waals surface area contributed by atoms with Crippen molar-refractivity contribution in [2.75, 3.05) is 6.61 Å². The minimum absolute atomic E-state index is 0.0260. The summed E-state index contributed by atoms with van der Waals surface area (Å²) in [5.41, 5.74) is 10.3. The zero-order chi connectivity index (χ0) is 15.2. The quantitative estimate of drug-likeness (QED) is 0.370. The van der Waals surface area contributed by atoms with Gasteiger partial charge >= 0.3 is 5.97 Å². The molecule has 106 valence electrons. The minimum Gasteiger partial charge on any atom is -0.462 e. The van der Waals surface area contributed by atoms with Crippen molar-refractivity contribution in [3.05, 3.63) is 52.0 Å². The van der Waals surface area contributed by atoms with Gasteiger partial charge < -0.3 is 4.74 Å². The first kappa shape index (κ1) is 14.5. The summed E-state index contributed by atoms with van der Waals surface area (Å²) in [5.74, 6) is -0.525. The van der Waals surface area contributed by atoms with Crippen LogP contribution in [0.25, 0.3) is 21.7 Å². The van der Waals surface area contributed by atoms with Crippen molar-refractivity contribution < 1.29 is 9.53 Å². The number of aryl methyl sites for hydroxylation is 1. The summed E-state index contributed by atoms with van der Waals surface area (Å²) in [7, 11) is 0. The Morgan fingerprint density at radius 3 is 2.67 bits per heavy atom. The van der Waals surface area contributed by atoms with Gasteiger partial charge in [0.1, 0.15) is 5.56 Å². The van der Waals surface area contributed by atoms with E-state index in [9.17, 15) is 4.79 Å². The summed E-state index contributed by atoms with van der Waals surface area (Å²) in [5, 5.41) is 3.41. The molecule has 21 heavy (non-hydrogen) atoms. The molecule has 0 spiro atoms. The van der Waals surface area contributed by atoms with Crippen LogP contribution in [0.4, 0.5) is 5.95 Å². The lowest BCUT2D eigenvalue weighted by atomic mass is 10.0. The number of carbonyl (C=O) groups excluding carboxylic acids is 1. The minimum atomic E-state index is -0.499. The number of ether oxygens (including phenoxy) is 1. The molecule has 1 aromatic carbocycles. The Morgan fingerprint density at radius 1 is 1.33 bits per heavy atom. The lowest BCUT2D eigenvalue weighted by Gasteiger charge is -2.11. The van der Waals surface area contributed by atoms with Gasteiger partial charge in [-0.25, -0.2) is 14.8 Å². The molecule has 0 bridgehead atoms. The fourth-order valence-corrected chi connectivity index (χ4v) is 1.90. The second kappa shape index (κ2) is 6.49. The number of benzene rings is 1. The molecule has 7 nitrogen and oxygen atoms in total. The van der Waals surface area contributed by atoms with Gasteiger partial charge in [0.15, 0.2) is 0 Å². The molecule has 2 aromatic rings. The highest BCUT2D eigenvalue weighted by Crippen LogP contribution is 2.26. The Labute approximate surface area is 121 Å². The second-order valence-electron chi connectivity index (χ2n) is 4.11. The van der Waals surface area contributed by atoms with Gasteiger partial charge in [-0.3, -0.25) is 0 Å². The van der Waals surface area contributed by atoms with E-state index in [1.54, 1.807) is 13.8 Å². The van der Waals surface area contributed by atoms with E-state index in [-0.39, 0.29) is 18.1 Å². The molecule has 0 radical (unpaired) electrons. The van der Waals surface area contributed by atoms with Crippen LogP contribution >= 0.6 is 0 Å².